The van der Waals surface area contributed by atoms with Crippen LogP contribution in [0.2, 0.25) is 0 Å². The van der Waals surface area contributed by atoms with E-state index in [-0.39, 0.29) is 13.2 Å². The number of anilines is 2. The summed E-state index contributed by atoms with van der Waals surface area (Å²) in [7, 11) is 1.85. The zero-order valence-electron chi connectivity index (χ0n) is 8.72. The number of nitrogens with two attached hydrogens (primary N) is 1. The second kappa shape index (κ2) is 8.05. The number of hydrogen-bond donors (Lipinski definition) is 5. The number of hydrogen-bond acceptors (Lipinski definition) is 5. The molecule has 1 rings (SSSR count). The summed E-state index contributed by atoms with van der Waals surface area (Å²) in [6.45, 7) is -0.729. The van der Waals surface area contributed by atoms with Crippen LogP contribution in [-0.2, 0) is 0 Å². The maximum atomic E-state index is 8.17. The lowest BCUT2D eigenvalue weighted by Crippen LogP contribution is -2.15. The Kier molecular flexibility index (Phi) is 7.35. The van der Waals surface area contributed by atoms with Crippen molar-refractivity contribution in [1.82, 2.24) is 0 Å². The fourth-order valence-corrected chi connectivity index (χ4v) is 0.782. The van der Waals surface area contributed by atoms with Gasteiger partial charge in [-0.1, -0.05) is 12.1 Å². The molecular formula is C10H18N2O3. The first-order chi connectivity index (χ1) is 7.15. The summed E-state index contributed by atoms with van der Waals surface area (Å²) in [6.07, 6.45) is -0.954. The third-order valence-corrected chi connectivity index (χ3v) is 1.65. The Hall–Kier alpha value is -1.30. The lowest BCUT2D eigenvalue weighted by Gasteiger charge is -2.01. The minimum absolute atomic E-state index is 0.365. The maximum absolute atomic E-state index is 8.17. The number of nitrogens with one attached hydrogen (secondary N) is 1. The molecule has 0 atom stereocenters. The SMILES string of the molecule is CNc1ccccc1N.OCC(O)CO. The fraction of sp³-hybridized carbons (Fsp3) is 0.400. The van der Waals surface area contributed by atoms with Gasteiger partial charge in [-0.05, 0) is 12.1 Å². The summed E-state index contributed by atoms with van der Waals surface area (Å²) in [4.78, 5) is 0. The van der Waals surface area contributed by atoms with Crippen molar-refractivity contribution in [3.8, 4) is 0 Å². The molecule has 0 spiro atoms. The molecule has 6 N–H and O–H groups in total. The van der Waals surface area contributed by atoms with Crippen LogP contribution >= 0.6 is 0 Å². The van der Waals surface area contributed by atoms with E-state index < -0.39 is 6.10 Å². The van der Waals surface area contributed by atoms with Crippen LogP contribution in [0.1, 0.15) is 0 Å². The fourth-order valence-electron chi connectivity index (χ4n) is 0.782. The minimum atomic E-state index is -0.954. The van der Waals surface area contributed by atoms with Gasteiger partial charge in [-0.25, -0.2) is 0 Å². The molecule has 0 saturated heterocycles. The quantitative estimate of drug-likeness (QED) is 0.443. The molecule has 0 aliphatic carbocycles. The van der Waals surface area contributed by atoms with Crippen LogP contribution in [0.4, 0.5) is 11.4 Å². The highest BCUT2D eigenvalue weighted by Gasteiger charge is 1.93. The van der Waals surface area contributed by atoms with Gasteiger partial charge in [0.1, 0.15) is 6.10 Å². The molecule has 15 heavy (non-hydrogen) atoms. The van der Waals surface area contributed by atoms with Gasteiger partial charge in [0.2, 0.25) is 0 Å². The predicted octanol–water partition coefficient (Wildman–Crippen LogP) is -0.358. The van der Waals surface area contributed by atoms with E-state index in [0.717, 1.165) is 11.4 Å². The molecule has 0 fully saturated rings. The Morgan fingerprint density at radius 2 is 1.80 bits per heavy atom. The molecule has 0 aliphatic rings. The van der Waals surface area contributed by atoms with Crippen LogP contribution in [0, 0.1) is 0 Å². The first-order valence-corrected chi connectivity index (χ1v) is 4.57. The Morgan fingerprint density at radius 3 is 2.07 bits per heavy atom. The van der Waals surface area contributed by atoms with Crippen molar-refractivity contribution in [1.29, 1.82) is 0 Å². The van der Waals surface area contributed by atoms with Crippen LogP contribution in [-0.4, -0.2) is 41.7 Å². The molecule has 0 unspecified atom stereocenters. The molecule has 0 amide bonds. The van der Waals surface area contributed by atoms with Crippen LogP contribution in [0.15, 0.2) is 24.3 Å². The van der Waals surface area contributed by atoms with Gasteiger partial charge in [-0.2, -0.15) is 0 Å². The van der Waals surface area contributed by atoms with Crippen LogP contribution in [0.3, 0.4) is 0 Å². The van der Waals surface area contributed by atoms with Gasteiger partial charge in [0, 0.05) is 7.05 Å². The number of benzene rings is 1. The highest BCUT2D eigenvalue weighted by atomic mass is 16.3. The Morgan fingerprint density at radius 1 is 1.27 bits per heavy atom. The van der Waals surface area contributed by atoms with Crippen molar-refractivity contribution in [2.45, 2.75) is 6.10 Å². The van der Waals surface area contributed by atoms with Gasteiger partial charge in [0.05, 0.1) is 24.6 Å². The molecule has 1 aromatic rings. The standard InChI is InChI=1S/C7H10N2.C3H8O3/c1-9-7-5-3-2-4-6(7)8;4-1-3(6)2-5/h2-5,9H,8H2,1H3;3-6H,1-2H2. The highest BCUT2D eigenvalue weighted by molar-refractivity contribution is 5.65. The lowest BCUT2D eigenvalue weighted by molar-refractivity contribution is 0.0450. The van der Waals surface area contributed by atoms with Gasteiger partial charge in [0.25, 0.3) is 0 Å². The molecule has 0 bridgehead atoms. The Labute approximate surface area is 89.2 Å². The summed E-state index contributed by atoms with van der Waals surface area (Å²) >= 11 is 0. The van der Waals surface area contributed by atoms with Crippen molar-refractivity contribution in [3.63, 3.8) is 0 Å². The zero-order valence-corrected chi connectivity index (χ0v) is 8.72. The van der Waals surface area contributed by atoms with E-state index in [9.17, 15) is 0 Å². The van der Waals surface area contributed by atoms with Crippen molar-refractivity contribution < 1.29 is 15.3 Å². The highest BCUT2D eigenvalue weighted by Crippen LogP contribution is 2.14. The van der Waals surface area contributed by atoms with Gasteiger partial charge in [-0.15, -0.1) is 0 Å². The molecule has 1 aromatic carbocycles. The summed E-state index contributed by atoms with van der Waals surface area (Å²) in [5.74, 6) is 0. The number of para-hydroxylation sites is 2. The summed E-state index contributed by atoms with van der Waals surface area (Å²) in [5.41, 5.74) is 7.34. The third-order valence-electron chi connectivity index (χ3n) is 1.65. The van der Waals surface area contributed by atoms with Crippen LogP contribution < -0.4 is 11.1 Å². The summed E-state index contributed by atoms with van der Waals surface area (Å²) < 4.78 is 0. The average Bonchev–Trinajstić information content (AvgIpc) is 2.29. The molecule has 0 aromatic heterocycles. The second-order valence-corrected chi connectivity index (χ2v) is 2.86. The largest absolute Gasteiger partial charge is 0.397 e. The maximum Gasteiger partial charge on any atom is 0.100 e. The number of rotatable bonds is 3. The van der Waals surface area contributed by atoms with Crippen LogP contribution in [0.25, 0.3) is 0 Å². The average molecular weight is 214 g/mol. The van der Waals surface area contributed by atoms with Gasteiger partial charge in [-0.3, -0.25) is 0 Å². The minimum Gasteiger partial charge on any atom is -0.397 e. The molecule has 0 heterocycles. The molecule has 0 radical (unpaired) electrons. The van der Waals surface area contributed by atoms with E-state index in [2.05, 4.69) is 5.32 Å². The smallest absolute Gasteiger partial charge is 0.100 e. The van der Waals surface area contributed by atoms with Crippen molar-refractivity contribution in [2.24, 2.45) is 0 Å². The number of nitrogen functional groups attached to an aromatic ring is 1. The normalized spacial score (nSPS) is 9.40. The molecule has 0 aliphatic heterocycles. The molecule has 5 nitrogen and oxygen atoms in total. The number of aliphatic hydroxyl groups excluding tert-OH is 3. The molecule has 5 heteroatoms. The van der Waals surface area contributed by atoms with Crippen molar-refractivity contribution >= 4 is 11.4 Å². The van der Waals surface area contributed by atoms with Crippen molar-refractivity contribution in [2.75, 3.05) is 31.3 Å². The number of aliphatic hydroxyl groups is 3. The van der Waals surface area contributed by atoms with Gasteiger partial charge >= 0.3 is 0 Å². The van der Waals surface area contributed by atoms with E-state index >= 15 is 0 Å². The van der Waals surface area contributed by atoms with Crippen molar-refractivity contribution in [3.05, 3.63) is 24.3 Å². The van der Waals surface area contributed by atoms with E-state index in [0.29, 0.717) is 0 Å². The Balaban J connectivity index is 0.000000288. The molecule has 0 saturated carbocycles. The van der Waals surface area contributed by atoms with Gasteiger partial charge in [0.15, 0.2) is 0 Å². The molecular weight excluding hydrogens is 196 g/mol. The summed E-state index contributed by atoms with van der Waals surface area (Å²) in [5, 5.41) is 27.0. The topological polar surface area (TPSA) is 98.7 Å². The van der Waals surface area contributed by atoms with Gasteiger partial charge < -0.3 is 26.4 Å². The first kappa shape index (κ1) is 13.7. The monoisotopic (exact) mass is 214 g/mol. The third kappa shape index (κ3) is 5.90. The lowest BCUT2D eigenvalue weighted by atomic mass is 10.3. The summed E-state index contributed by atoms with van der Waals surface area (Å²) in [6, 6.07) is 7.67. The van der Waals surface area contributed by atoms with Crippen LogP contribution in [0.5, 0.6) is 0 Å². The Bertz CT molecular complexity index is 265. The molecule has 86 valence electrons. The first-order valence-electron chi connectivity index (χ1n) is 4.57. The van der Waals surface area contributed by atoms with E-state index in [1.54, 1.807) is 0 Å². The van der Waals surface area contributed by atoms with E-state index in [1.807, 2.05) is 31.3 Å². The zero-order chi connectivity index (χ0) is 11.7. The van der Waals surface area contributed by atoms with E-state index in [4.69, 9.17) is 21.1 Å². The van der Waals surface area contributed by atoms with E-state index in [1.165, 1.54) is 0 Å². The predicted molar refractivity (Wildman–Crippen MR) is 60.6 cm³/mol. The second-order valence-electron chi connectivity index (χ2n) is 2.86.